The fraction of sp³-hybridized carbons (Fsp3) is 0.611. The smallest absolute Gasteiger partial charge is 0.410 e. The van der Waals surface area contributed by atoms with Gasteiger partial charge in [-0.1, -0.05) is 44.2 Å². The summed E-state index contributed by atoms with van der Waals surface area (Å²) in [5.74, 6) is 1.48. The third-order valence-corrected chi connectivity index (χ3v) is 5.13. The molecule has 2 unspecified atom stereocenters. The van der Waals surface area contributed by atoms with E-state index in [2.05, 4.69) is 13.8 Å². The molecule has 1 amide bonds. The van der Waals surface area contributed by atoms with Gasteiger partial charge in [0.05, 0.1) is 0 Å². The van der Waals surface area contributed by atoms with Crippen molar-refractivity contribution in [3.63, 3.8) is 0 Å². The molecule has 0 spiro atoms. The molecule has 21 heavy (non-hydrogen) atoms. The van der Waals surface area contributed by atoms with Gasteiger partial charge in [-0.3, -0.25) is 0 Å². The lowest BCUT2D eigenvalue weighted by Gasteiger charge is -2.39. The number of amides is 1. The minimum absolute atomic E-state index is 0.117. The van der Waals surface area contributed by atoms with Crippen LogP contribution in [0.1, 0.15) is 45.1 Å². The highest BCUT2D eigenvalue weighted by molar-refractivity contribution is 5.69. The van der Waals surface area contributed by atoms with E-state index in [-0.39, 0.29) is 6.09 Å². The number of fused-ring (bicyclic) bond motifs is 2. The van der Waals surface area contributed by atoms with Gasteiger partial charge in [-0.15, -0.1) is 0 Å². The third kappa shape index (κ3) is 3.07. The minimum atomic E-state index is -0.117. The molecular weight excluding hydrogens is 262 g/mol. The molecule has 2 fully saturated rings. The fourth-order valence-electron chi connectivity index (χ4n) is 3.86. The van der Waals surface area contributed by atoms with E-state index in [1.807, 2.05) is 35.2 Å². The van der Waals surface area contributed by atoms with Crippen molar-refractivity contribution in [2.45, 2.75) is 58.2 Å². The van der Waals surface area contributed by atoms with Crippen molar-refractivity contribution in [2.75, 3.05) is 0 Å². The summed E-state index contributed by atoms with van der Waals surface area (Å²) in [4.78, 5) is 14.4. The van der Waals surface area contributed by atoms with Crippen LogP contribution in [0, 0.1) is 11.8 Å². The summed E-state index contributed by atoms with van der Waals surface area (Å²) >= 11 is 0. The predicted molar refractivity (Wildman–Crippen MR) is 82.8 cm³/mol. The summed E-state index contributed by atoms with van der Waals surface area (Å²) < 4.78 is 5.53. The number of hydrogen-bond donors (Lipinski definition) is 0. The van der Waals surface area contributed by atoms with Crippen LogP contribution in [0.5, 0.6) is 0 Å². The normalized spacial score (nSPS) is 28.0. The SMILES string of the molecule is CC(C)C1CC2CCC(C1)N2C(=O)OCc1ccccc1. The van der Waals surface area contributed by atoms with E-state index in [1.54, 1.807) is 0 Å². The number of rotatable bonds is 3. The molecule has 0 aromatic heterocycles. The Labute approximate surface area is 127 Å². The fourth-order valence-corrected chi connectivity index (χ4v) is 3.86. The van der Waals surface area contributed by atoms with Crippen LogP contribution in [0.3, 0.4) is 0 Å². The van der Waals surface area contributed by atoms with Crippen molar-refractivity contribution in [3.8, 4) is 0 Å². The Morgan fingerprint density at radius 2 is 1.81 bits per heavy atom. The zero-order valence-corrected chi connectivity index (χ0v) is 13.0. The molecular formula is C18H25NO2. The monoisotopic (exact) mass is 287 g/mol. The molecule has 0 radical (unpaired) electrons. The lowest BCUT2D eigenvalue weighted by molar-refractivity contribution is 0.0463. The van der Waals surface area contributed by atoms with Crippen LogP contribution in [0.4, 0.5) is 4.79 Å². The first kappa shape index (κ1) is 14.4. The van der Waals surface area contributed by atoms with Gasteiger partial charge in [0.25, 0.3) is 0 Å². The highest BCUT2D eigenvalue weighted by Gasteiger charge is 2.44. The maximum Gasteiger partial charge on any atom is 0.410 e. The first-order chi connectivity index (χ1) is 10.1. The van der Waals surface area contributed by atoms with Crippen molar-refractivity contribution in [2.24, 2.45) is 11.8 Å². The van der Waals surface area contributed by atoms with E-state index in [9.17, 15) is 4.79 Å². The predicted octanol–water partition coefficient (Wildman–Crippen LogP) is 4.22. The lowest BCUT2D eigenvalue weighted by Crippen LogP contribution is -2.47. The molecule has 3 heteroatoms. The van der Waals surface area contributed by atoms with Crippen molar-refractivity contribution >= 4 is 6.09 Å². The van der Waals surface area contributed by atoms with E-state index in [4.69, 9.17) is 4.74 Å². The van der Waals surface area contributed by atoms with Crippen LogP contribution < -0.4 is 0 Å². The average Bonchev–Trinajstić information content (AvgIpc) is 2.75. The molecule has 0 saturated carbocycles. The van der Waals surface area contributed by atoms with Gasteiger partial charge in [-0.2, -0.15) is 0 Å². The van der Waals surface area contributed by atoms with Gasteiger partial charge in [0.2, 0.25) is 0 Å². The highest BCUT2D eigenvalue weighted by Crippen LogP contribution is 2.41. The average molecular weight is 287 g/mol. The topological polar surface area (TPSA) is 29.5 Å². The summed E-state index contributed by atoms with van der Waals surface area (Å²) in [7, 11) is 0. The Kier molecular flexibility index (Phi) is 4.18. The second-order valence-electron chi connectivity index (χ2n) is 6.81. The Morgan fingerprint density at radius 3 is 2.38 bits per heavy atom. The maximum atomic E-state index is 12.4. The highest BCUT2D eigenvalue weighted by atomic mass is 16.6. The summed E-state index contributed by atoms with van der Waals surface area (Å²) in [5, 5.41) is 0. The molecule has 2 atom stereocenters. The van der Waals surface area contributed by atoms with Gasteiger partial charge < -0.3 is 9.64 Å². The van der Waals surface area contributed by atoms with Crippen molar-refractivity contribution in [1.29, 1.82) is 0 Å². The van der Waals surface area contributed by atoms with E-state index >= 15 is 0 Å². The van der Waals surface area contributed by atoms with Gasteiger partial charge in [0.15, 0.2) is 0 Å². The van der Waals surface area contributed by atoms with E-state index in [0.717, 1.165) is 43.1 Å². The molecule has 3 rings (SSSR count). The number of ether oxygens (including phenoxy) is 1. The van der Waals surface area contributed by atoms with E-state index in [1.165, 1.54) is 0 Å². The summed E-state index contributed by atoms with van der Waals surface area (Å²) in [6.07, 6.45) is 4.47. The Bertz CT molecular complexity index is 471. The maximum absolute atomic E-state index is 12.4. The first-order valence-corrected chi connectivity index (χ1v) is 8.14. The zero-order chi connectivity index (χ0) is 14.8. The van der Waals surface area contributed by atoms with Crippen LogP contribution in [-0.2, 0) is 11.3 Å². The van der Waals surface area contributed by atoms with Gasteiger partial charge in [0, 0.05) is 12.1 Å². The van der Waals surface area contributed by atoms with Crippen molar-refractivity contribution in [3.05, 3.63) is 35.9 Å². The number of benzene rings is 1. The van der Waals surface area contributed by atoms with Crippen LogP contribution in [0.15, 0.2) is 30.3 Å². The number of hydrogen-bond acceptors (Lipinski definition) is 2. The van der Waals surface area contributed by atoms with E-state index in [0.29, 0.717) is 18.7 Å². The summed E-state index contributed by atoms with van der Waals surface area (Å²) in [6, 6.07) is 10.7. The van der Waals surface area contributed by atoms with Crippen molar-refractivity contribution in [1.82, 2.24) is 4.90 Å². The molecule has 3 nitrogen and oxygen atoms in total. The zero-order valence-electron chi connectivity index (χ0n) is 13.0. The quantitative estimate of drug-likeness (QED) is 0.833. The molecule has 114 valence electrons. The molecule has 2 bridgehead atoms. The third-order valence-electron chi connectivity index (χ3n) is 5.13. The molecule has 1 aromatic carbocycles. The lowest BCUT2D eigenvalue weighted by atomic mass is 9.83. The summed E-state index contributed by atoms with van der Waals surface area (Å²) in [6.45, 7) is 4.98. The largest absolute Gasteiger partial charge is 0.445 e. The Hall–Kier alpha value is -1.51. The van der Waals surface area contributed by atoms with Gasteiger partial charge >= 0.3 is 6.09 Å². The molecule has 2 saturated heterocycles. The molecule has 0 N–H and O–H groups in total. The van der Waals surface area contributed by atoms with Crippen LogP contribution in [0.2, 0.25) is 0 Å². The molecule has 2 aliphatic rings. The molecule has 2 heterocycles. The molecule has 1 aromatic rings. The second kappa shape index (κ2) is 6.08. The number of carbonyl (C=O) groups excluding carboxylic acids is 1. The standard InChI is InChI=1S/C18H25NO2/c1-13(2)15-10-16-8-9-17(11-15)19(16)18(20)21-12-14-6-4-3-5-7-14/h3-7,13,15-17H,8-12H2,1-2H3. The minimum Gasteiger partial charge on any atom is -0.445 e. The van der Waals surface area contributed by atoms with Crippen LogP contribution >= 0.6 is 0 Å². The first-order valence-electron chi connectivity index (χ1n) is 8.14. The number of carbonyl (C=O) groups is 1. The van der Waals surface area contributed by atoms with E-state index < -0.39 is 0 Å². The Balaban J connectivity index is 1.59. The van der Waals surface area contributed by atoms with Crippen molar-refractivity contribution < 1.29 is 9.53 Å². The van der Waals surface area contributed by atoms with Gasteiger partial charge in [0.1, 0.15) is 6.61 Å². The second-order valence-corrected chi connectivity index (χ2v) is 6.81. The molecule has 0 aliphatic carbocycles. The van der Waals surface area contributed by atoms with Gasteiger partial charge in [-0.05, 0) is 43.1 Å². The number of piperidine rings is 1. The van der Waals surface area contributed by atoms with Crippen LogP contribution in [-0.4, -0.2) is 23.1 Å². The summed E-state index contributed by atoms with van der Waals surface area (Å²) in [5.41, 5.74) is 1.05. The van der Waals surface area contributed by atoms with Crippen LogP contribution in [0.25, 0.3) is 0 Å². The number of nitrogens with zero attached hydrogens (tertiary/aromatic N) is 1. The van der Waals surface area contributed by atoms with Gasteiger partial charge in [-0.25, -0.2) is 4.79 Å². The molecule has 2 aliphatic heterocycles. The Morgan fingerprint density at radius 1 is 1.19 bits per heavy atom.